The number of aliphatic imine (C=N–C) groups is 1. The van der Waals surface area contributed by atoms with Gasteiger partial charge in [0, 0.05) is 41.9 Å². The molecule has 14 nitrogen and oxygen atoms in total. The SMILES string of the molecule is COc1ccc2c(O[C@@H]3C[C@H]4C(=O)N[C@]5(C(=O)NS(=O)(=O)C6CC6)C[C@H]5/C=C\CCCCO[C@H](C)C(=O)N4C3)cc(C3N=C(C(C)C)OC3C)nc2c1C. The Morgan fingerprint density at radius 1 is 1.15 bits per heavy atom. The Kier molecular flexibility index (Phi) is 10.4. The van der Waals surface area contributed by atoms with Crippen LogP contribution in [0, 0.1) is 18.8 Å². The fourth-order valence-corrected chi connectivity index (χ4v) is 9.06. The molecule has 1 aromatic carbocycles. The molecule has 2 aliphatic carbocycles. The van der Waals surface area contributed by atoms with Crippen LogP contribution in [-0.4, -0.2) is 97.3 Å². The second-order valence-electron chi connectivity index (χ2n) is 15.6. The molecule has 0 bridgehead atoms. The number of amides is 3. The van der Waals surface area contributed by atoms with Gasteiger partial charge >= 0.3 is 0 Å². The highest BCUT2D eigenvalue weighted by atomic mass is 32.2. The predicted octanol–water partition coefficient (Wildman–Crippen LogP) is 4.04. The molecule has 15 heteroatoms. The number of nitrogens with one attached hydrogen (secondary N) is 2. The van der Waals surface area contributed by atoms with Crippen molar-refractivity contribution in [3.63, 3.8) is 0 Å². The molecule has 7 rings (SSSR count). The van der Waals surface area contributed by atoms with Crippen LogP contribution in [0.3, 0.4) is 0 Å². The summed E-state index contributed by atoms with van der Waals surface area (Å²) in [6, 6.07) is 4.20. The number of carbonyl (C=O) groups excluding carboxylic acids is 3. The number of hydrogen-bond acceptors (Lipinski definition) is 11. The summed E-state index contributed by atoms with van der Waals surface area (Å²) < 4.78 is 52.3. The van der Waals surface area contributed by atoms with E-state index in [9.17, 15) is 22.8 Å². The van der Waals surface area contributed by atoms with Crippen LogP contribution in [0.4, 0.5) is 0 Å². The van der Waals surface area contributed by atoms with E-state index in [1.54, 1.807) is 14.0 Å². The number of fused-ring (bicyclic) bond motifs is 3. The lowest BCUT2D eigenvalue weighted by Gasteiger charge is -2.28. The maximum absolute atomic E-state index is 14.3. The van der Waals surface area contributed by atoms with Gasteiger partial charge in [-0.1, -0.05) is 26.0 Å². The van der Waals surface area contributed by atoms with Gasteiger partial charge in [-0.05, 0) is 71.4 Å². The molecule has 2 aromatic rings. The predicted molar refractivity (Wildman–Crippen MR) is 201 cm³/mol. The minimum Gasteiger partial charge on any atom is -0.496 e. The number of pyridine rings is 1. The summed E-state index contributed by atoms with van der Waals surface area (Å²) in [4.78, 5) is 53.4. The summed E-state index contributed by atoms with van der Waals surface area (Å²) in [6.07, 6.45) is 5.73. The van der Waals surface area contributed by atoms with E-state index in [1.807, 2.05) is 58.0 Å². The number of methoxy groups -OCH3 is 1. The number of benzene rings is 1. The van der Waals surface area contributed by atoms with Crippen LogP contribution in [0.5, 0.6) is 11.5 Å². The minimum absolute atomic E-state index is 0.0795. The average Bonchev–Trinajstić information content (AvgIpc) is 4.03. The number of aryl methyl sites for hydroxylation is 1. The third-order valence-electron chi connectivity index (χ3n) is 11.2. The second kappa shape index (κ2) is 14.8. The summed E-state index contributed by atoms with van der Waals surface area (Å²) in [6.45, 7) is 10.1. The van der Waals surface area contributed by atoms with Crippen molar-refractivity contribution in [1.29, 1.82) is 0 Å². The summed E-state index contributed by atoms with van der Waals surface area (Å²) in [7, 11) is -2.25. The van der Waals surface area contributed by atoms with E-state index in [-0.39, 0.29) is 43.4 Å². The topological polar surface area (TPSA) is 175 Å². The molecular formula is C39H51N5O9S. The smallest absolute Gasteiger partial charge is 0.259 e. The van der Waals surface area contributed by atoms with Gasteiger partial charge in [-0.2, -0.15) is 0 Å². The number of rotatable bonds is 8. The Labute approximate surface area is 316 Å². The zero-order valence-corrected chi connectivity index (χ0v) is 32.6. The Hall–Kier alpha value is -4.24. The Balaban J connectivity index is 1.21. The molecule has 1 saturated heterocycles. The number of allylic oxidation sites excluding steroid dienone is 1. The van der Waals surface area contributed by atoms with Crippen molar-refractivity contribution in [3.05, 3.63) is 41.6 Å². The molecule has 0 spiro atoms. The van der Waals surface area contributed by atoms with Gasteiger partial charge in [-0.25, -0.2) is 18.4 Å². The van der Waals surface area contributed by atoms with E-state index < -0.39 is 56.8 Å². The van der Waals surface area contributed by atoms with E-state index in [2.05, 4.69) is 10.0 Å². The fraction of sp³-hybridized carbons (Fsp3) is 0.615. The van der Waals surface area contributed by atoms with E-state index in [0.717, 1.165) is 30.2 Å². The third kappa shape index (κ3) is 7.40. The molecule has 1 aromatic heterocycles. The van der Waals surface area contributed by atoms with Gasteiger partial charge in [0.2, 0.25) is 15.9 Å². The van der Waals surface area contributed by atoms with Crippen molar-refractivity contribution in [2.75, 3.05) is 20.3 Å². The molecule has 292 valence electrons. The summed E-state index contributed by atoms with van der Waals surface area (Å²) in [5, 5.41) is 3.04. The monoisotopic (exact) mass is 765 g/mol. The number of nitrogens with zero attached hydrogens (tertiary/aromatic N) is 3. The summed E-state index contributed by atoms with van der Waals surface area (Å²) in [5.74, 6) is -0.133. The average molecular weight is 766 g/mol. The van der Waals surface area contributed by atoms with Crippen molar-refractivity contribution in [2.24, 2.45) is 16.8 Å². The fourth-order valence-electron chi connectivity index (χ4n) is 7.70. The molecule has 4 heterocycles. The van der Waals surface area contributed by atoms with Crippen molar-refractivity contribution < 1.29 is 41.7 Å². The molecular weight excluding hydrogens is 715 g/mol. The van der Waals surface area contributed by atoms with Gasteiger partial charge in [0.15, 0.2) is 5.90 Å². The van der Waals surface area contributed by atoms with Crippen molar-refractivity contribution in [2.45, 2.75) is 121 Å². The summed E-state index contributed by atoms with van der Waals surface area (Å²) >= 11 is 0. The Morgan fingerprint density at radius 2 is 1.93 bits per heavy atom. The zero-order chi connectivity index (χ0) is 38.5. The Bertz CT molecular complexity index is 2000. The number of ether oxygens (including phenoxy) is 4. The van der Waals surface area contributed by atoms with Crippen LogP contribution in [0.2, 0.25) is 0 Å². The highest BCUT2D eigenvalue weighted by Crippen LogP contribution is 2.46. The lowest BCUT2D eigenvalue weighted by molar-refractivity contribution is -0.147. The standard InChI is InChI=1S/C39H51N5O9S/c1-21(2)36-41-34(23(4)52-36)29-18-32(28-14-15-31(50-6)22(3)33(28)40-29)53-26-17-30-35(45)42-39(38(47)43-54(48,49)27-12-13-27)19-25(39)11-9-7-8-10-16-51-24(5)37(46)44(30)20-26/h9,11,14-15,18,21,23-27,30,34H,7-8,10,12-13,16-17,19-20H2,1-6H3,(H,42,45)(H,43,47)/b11-9-/t23?,24-,25-,26-,30+,34?,39-/m1/s1. The molecule has 54 heavy (non-hydrogen) atoms. The molecule has 2 saturated carbocycles. The molecule has 0 radical (unpaired) electrons. The normalized spacial score (nSPS) is 31.0. The quantitative estimate of drug-likeness (QED) is 0.374. The first-order valence-electron chi connectivity index (χ1n) is 19.1. The molecule has 7 atom stereocenters. The van der Waals surface area contributed by atoms with Crippen molar-refractivity contribution in [1.82, 2.24) is 19.9 Å². The largest absolute Gasteiger partial charge is 0.496 e. The number of aromatic nitrogens is 1. The third-order valence-corrected chi connectivity index (χ3v) is 13.0. The van der Waals surface area contributed by atoms with Crippen molar-refractivity contribution in [3.8, 4) is 11.5 Å². The Morgan fingerprint density at radius 3 is 2.63 bits per heavy atom. The van der Waals surface area contributed by atoms with Gasteiger partial charge in [0.05, 0.1) is 30.1 Å². The molecule has 2 N–H and O–H groups in total. The molecule has 3 amide bonds. The van der Waals surface area contributed by atoms with Gasteiger partial charge in [-0.3, -0.25) is 19.1 Å². The molecule has 3 fully saturated rings. The number of carbonyl (C=O) groups is 3. The molecule has 2 unspecified atom stereocenters. The first-order chi connectivity index (χ1) is 25.7. The van der Waals surface area contributed by atoms with Gasteiger partial charge in [0.25, 0.3) is 11.8 Å². The van der Waals surface area contributed by atoms with Crippen molar-refractivity contribution >= 4 is 44.5 Å². The van der Waals surface area contributed by atoms with Crippen LogP contribution in [-0.2, 0) is 33.9 Å². The van der Waals surface area contributed by atoms with E-state index in [1.165, 1.54) is 4.90 Å². The van der Waals surface area contributed by atoms with Gasteiger partial charge < -0.3 is 29.2 Å². The molecule has 5 aliphatic rings. The van der Waals surface area contributed by atoms with Crippen LogP contribution in [0.1, 0.15) is 89.9 Å². The van der Waals surface area contributed by atoms with E-state index >= 15 is 0 Å². The lowest BCUT2D eigenvalue weighted by atomic mass is 10.0. The lowest BCUT2D eigenvalue weighted by Crippen LogP contribution is -2.57. The highest BCUT2D eigenvalue weighted by molar-refractivity contribution is 7.91. The first-order valence-corrected chi connectivity index (χ1v) is 20.6. The summed E-state index contributed by atoms with van der Waals surface area (Å²) in [5.41, 5.74) is 0.699. The van der Waals surface area contributed by atoms with Crippen LogP contribution in [0.15, 0.2) is 35.3 Å². The number of hydrogen-bond donors (Lipinski definition) is 2. The second-order valence-corrected chi connectivity index (χ2v) is 17.6. The maximum atomic E-state index is 14.3. The van der Waals surface area contributed by atoms with Gasteiger partial charge in [0.1, 0.15) is 47.4 Å². The maximum Gasteiger partial charge on any atom is 0.259 e. The molecule has 3 aliphatic heterocycles. The van der Waals surface area contributed by atoms with Crippen LogP contribution < -0.4 is 19.5 Å². The van der Waals surface area contributed by atoms with Crippen LogP contribution in [0.25, 0.3) is 10.9 Å². The first kappa shape index (κ1) is 38.1. The zero-order valence-electron chi connectivity index (χ0n) is 31.8. The van der Waals surface area contributed by atoms with Crippen LogP contribution >= 0.6 is 0 Å². The van der Waals surface area contributed by atoms with Gasteiger partial charge in [-0.15, -0.1) is 0 Å². The minimum atomic E-state index is -3.86. The highest BCUT2D eigenvalue weighted by Gasteiger charge is 2.62. The van der Waals surface area contributed by atoms with E-state index in [4.69, 9.17) is 28.9 Å². The number of sulfonamides is 1. The van der Waals surface area contributed by atoms with E-state index in [0.29, 0.717) is 48.1 Å².